The summed E-state index contributed by atoms with van der Waals surface area (Å²) in [6, 6.07) is 10.9. The first-order valence-electron chi connectivity index (χ1n) is 6.57. The van der Waals surface area contributed by atoms with Crippen molar-refractivity contribution in [2.24, 2.45) is 17.8 Å². The Hall–Kier alpha value is -1.04. The van der Waals surface area contributed by atoms with Crippen LogP contribution in [0.15, 0.2) is 42.5 Å². The van der Waals surface area contributed by atoms with Gasteiger partial charge in [-0.2, -0.15) is 0 Å². The van der Waals surface area contributed by atoms with Crippen LogP contribution < -0.4 is 0 Å². The van der Waals surface area contributed by atoms with E-state index in [0.29, 0.717) is 0 Å². The molecule has 0 heteroatoms. The molecule has 0 bridgehead atoms. The predicted molar refractivity (Wildman–Crippen MR) is 68.2 cm³/mol. The molecule has 0 N–H and O–H groups in total. The molecule has 2 atom stereocenters. The van der Waals surface area contributed by atoms with Gasteiger partial charge in [-0.15, -0.1) is 0 Å². The Morgan fingerprint density at radius 3 is 2.44 bits per heavy atom. The second-order valence-corrected chi connectivity index (χ2v) is 5.51. The average molecular weight is 212 g/mol. The van der Waals surface area contributed by atoms with Gasteiger partial charge in [0.25, 0.3) is 0 Å². The minimum atomic E-state index is 0.794. The maximum absolute atomic E-state index is 4.24. The second kappa shape index (κ2) is 4.08. The van der Waals surface area contributed by atoms with E-state index in [1.807, 2.05) is 0 Å². The van der Waals surface area contributed by atoms with Crippen molar-refractivity contribution in [3.8, 4) is 0 Å². The van der Waals surface area contributed by atoms with E-state index < -0.39 is 0 Å². The Morgan fingerprint density at radius 2 is 1.81 bits per heavy atom. The van der Waals surface area contributed by atoms with Crippen LogP contribution in [0.2, 0.25) is 0 Å². The summed E-state index contributed by atoms with van der Waals surface area (Å²) in [7, 11) is 0. The number of hydrogen-bond acceptors (Lipinski definition) is 0. The number of rotatable bonds is 4. The van der Waals surface area contributed by atoms with Gasteiger partial charge in [0.1, 0.15) is 0 Å². The molecule has 2 fully saturated rings. The Morgan fingerprint density at radius 1 is 1.06 bits per heavy atom. The van der Waals surface area contributed by atoms with Crippen LogP contribution in [-0.2, 0) is 6.42 Å². The molecule has 16 heavy (non-hydrogen) atoms. The highest BCUT2D eigenvalue weighted by molar-refractivity contribution is 5.30. The summed E-state index contributed by atoms with van der Waals surface area (Å²) in [5.41, 5.74) is 3.00. The molecular formula is C16H20. The molecule has 0 amide bonds. The Labute approximate surface area is 98.4 Å². The molecule has 2 aliphatic rings. The van der Waals surface area contributed by atoms with Gasteiger partial charge in [0, 0.05) is 0 Å². The van der Waals surface area contributed by atoms with Crippen molar-refractivity contribution in [1.29, 1.82) is 0 Å². The topological polar surface area (TPSA) is 0 Å². The first-order valence-corrected chi connectivity index (χ1v) is 6.57. The van der Waals surface area contributed by atoms with Gasteiger partial charge in [-0.25, -0.2) is 0 Å². The molecule has 0 saturated heterocycles. The lowest BCUT2D eigenvalue weighted by atomic mass is 9.81. The minimum Gasteiger partial charge on any atom is -0.0992 e. The normalized spacial score (nSPS) is 28.9. The quantitative estimate of drug-likeness (QED) is 0.655. The smallest absolute Gasteiger partial charge is 0.00967 e. The maximum atomic E-state index is 4.24. The summed E-state index contributed by atoms with van der Waals surface area (Å²) in [6.45, 7) is 4.24. The van der Waals surface area contributed by atoms with E-state index in [9.17, 15) is 0 Å². The molecule has 0 aromatic heterocycles. The van der Waals surface area contributed by atoms with Crippen molar-refractivity contribution >= 4 is 0 Å². The molecule has 0 heterocycles. The standard InChI is InChI=1S/C16H20/c1-12-15(10-13-6-3-2-4-7-13)16(12)11-14-8-5-9-14/h2-4,6-7,14-16H,1,5,8-11H2. The third kappa shape index (κ3) is 1.93. The van der Waals surface area contributed by atoms with Crippen molar-refractivity contribution < 1.29 is 0 Å². The summed E-state index contributed by atoms with van der Waals surface area (Å²) >= 11 is 0. The Bertz CT molecular complexity index is 372. The van der Waals surface area contributed by atoms with Crippen LogP contribution in [0.5, 0.6) is 0 Å². The molecule has 1 aromatic carbocycles. The van der Waals surface area contributed by atoms with Gasteiger partial charge >= 0.3 is 0 Å². The molecule has 2 saturated carbocycles. The molecule has 2 aliphatic carbocycles. The van der Waals surface area contributed by atoms with E-state index in [1.165, 1.54) is 43.2 Å². The second-order valence-electron chi connectivity index (χ2n) is 5.51. The monoisotopic (exact) mass is 212 g/mol. The van der Waals surface area contributed by atoms with Gasteiger partial charge in [-0.1, -0.05) is 61.7 Å². The number of hydrogen-bond donors (Lipinski definition) is 0. The zero-order valence-corrected chi connectivity index (χ0v) is 9.86. The van der Waals surface area contributed by atoms with E-state index in [2.05, 4.69) is 36.9 Å². The van der Waals surface area contributed by atoms with Crippen molar-refractivity contribution in [3.05, 3.63) is 48.0 Å². The average Bonchev–Trinajstić information content (AvgIpc) is 2.84. The first kappa shape index (κ1) is 10.1. The zero-order chi connectivity index (χ0) is 11.0. The highest BCUT2D eigenvalue weighted by atomic mass is 14.5. The minimum absolute atomic E-state index is 0.794. The predicted octanol–water partition coefficient (Wildman–Crippen LogP) is 4.22. The largest absolute Gasteiger partial charge is 0.0992 e. The van der Waals surface area contributed by atoms with E-state index in [4.69, 9.17) is 0 Å². The highest BCUT2D eigenvalue weighted by Crippen LogP contribution is 2.52. The van der Waals surface area contributed by atoms with Crippen molar-refractivity contribution in [2.45, 2.75) is 32.1 Å². The van der Waals surface area contributed by atoms with Crippen molar-refractivity contribution in [3.63, 3.8) is 0 Å². The fraction of sp³-hybridized carbons (Fsp3) is 0.500. The summed E-state index contributed by atoms with van der Waals surface area (Å²) in [4.78, 5) is 0. The van der Waals surface area contributed by atoms with Gasteiger partial charge in [0.15, 0.2) is 0 Å². The fourth-order valence-corrected chi connectivity index (χ4v) is 2.99. The van der Waals surface area contributed by atoms with Crippen LogP contribution in [0.4, 0.5) is 0 Å². The zero-order valence-electron chi connectivity index (χ0n) is 9.86. The maximum Gasteiger partial charge on any atom is -0.00967 e. The molecule has 2 unspecified atom stereocenters. The fourth-order valence-electron chi connectivity index (χ4n) is 2.99. The van der Waals surface area contributed by atoms with Gasteiger partial charge in [-0.05, 0) is 36.2 Å². The van der Waals surface area contributed by atoms with E-state index >= 15 is 0 Å². The van der Waals surface area contributed by atoms with Gasteiger partial charge in [0.05, 0.1) is 0 Å². The van der Waals surface area contributed by atoms with E-state index in [0.717, 1.165) is 17.8 Å². The summed E-state index contributed by atoms with van der Waals surface area (Å²) in [5.74, 6) is 2.68. The van der Waals surface area contributed by atoms with Gasteiger partial charge in [-0.3, -0.25) is 0 Å². The Balaban J connectivity index is 1.55. The molecule has 1 aromatic rings. The van der Waals surface area contributed by atoms with E-state index in [-0.39, 0.29) is 0 Å². The first-order chi connectivity index (χ1) is 7.84. The summed E-state index contributed by atoms with van der Waals surface area (Å²) in [5, 5.41) is 0. The van der Waals surface area contributed by atoms with Crippen LogP contribution in [0.1, 0.15) is 31.2 Å². The van der Waals surface area contributed by atoms with Crippen molar-refractivity contribution in [1.82, 2.24) is 0 Å². The lowest BCUT2D eigenvalue weighted by Crippen LogP contribution is -2.11. The van der Waals surface area contributed by atoms with Gasteiger partial charge in [0.2, 0.25) is 0 Å². The van der Waals surface area contributed by atoms with Crippen LogP contribution >= 0.6 is 0 Å². The number of benzene rings is 1. The van der Waals surface area contributed by atoms with Crippen LogP contribution in [-0.4, -0.2) is 0 Å². The third-order valence-electron chi connectivity index (χ3n) is 4.44. The molecular weight excluding hydrogens is 192 g/mol. The molecule has 0 spiro atoms. The summed E-state index contributed by atoms with van der Waals surface area (Å²) < 4.78 is 0. The molecule has 84 valence electrons. The number of allylic oxidation sites excluding steroid dienone is 1. The summed E-state index contributed by atoms with van der Waals surface area (Å²) in [6.07, 6.45) is 7.06. The molecule has 3 rings (SSSR count). The van der Waals surface area contributed by atoms with Gasteiger partial charge < -0.3 is 0 Å². The lowest BCUT2D eigenvalue weighted by molar-refractivity contribution is 0.279. The van der Waals surface area contributed by atoms with Crippen LogP contribution in [0.3, 0.4) is 0 Å². The SMILES string of the molecule is C=C1C(Cc2ccccc2)C1CC1CCC1. The van der Waals surface area contributed by atoms with Crippen molar-refractivity contribution in [2.75, 3.05) is 0 Å². The molecule has 0 aliphatic heterocycles. The molecule has 0 nitrogen and oxygen atoms in total. The lowest BCUT2D eigenvalue weighted by Gasteiger charge is -2.25. The van der Waals surface area contributed by atoms with Crippen LogP contribution in [0.25, 0.3) is 0 Å². The van der Waals surface area contributed by atoms with Crippen LogP contribution in [0, 0.1) is 17.8 Å². The van der Waals surface area contributed by atoms with E-state index in [1.54, 1.807) is 0 Å². The highest BCUT2D eigenvalue weighted by Gasteiger charge is 2.43. The Kier molecular flexibility index (Phi) is 2.59. The molecule has 0 radical (unpaired) electrons. The third-order valence-corrected chi connectivity index (χ3v) is 4.44.